The fraction of sp³-hybridized carbons (Fsp3) is 0.176. The molecular weight excluding hydrogens is 374 g/mol. The highest BCUT2D eigenvalue weighted by molar-refractivity contribution is 7.92. The fourth-order valence-electron chi connectivity index (χ4n) is 2.57. The Morgan fingerprint density at radius 3 is 2.50 bits per heavy atom. The maximum Gasteiger partial charge on any atom is 0.308 e. The maximum absolute atomic E-state index is 12.6. The molecule has 0 radical (unpaired) electrons. The molecule has 0 aliphatic heterocycles. The number of anilines is 1. The van der Waals surface area contributed by atoms with Crippen LogP contribution in [0.2, 0.25) is 0 Å². The van der Waals surface area contributed by atoms with E-state index in [0.29, 0.717) is 16.9 Å². The lowest BCUT2D eigenvalue weighted by atomic mass is 10.2. The molecule has 0 unspecified atom stereocenters. The van der Waals surface area contributed by atoms with Crippen LogP contribution in [0.3, 0.4) is 0 Å². The first kappa shape index (κ1) is 18.2. The van der Waals surface area contributed by atoms with Gasteiger partial charge in [-0.2, -0.15) is 0 Å². The molecule has 3 N–H and O–H groups in total. The normalized spacial score (nSPS) is 11.6. The second kappa shape index (κ2) is 6.93. The first-order chi connectivity index (χ1) is 12.3. The number of hydrogen-bond acceptors (Lipinski definition) is 5. The maximum atomic E-state index is 12.6. The van der Waals surface area contributed by atoms with Crippen LogP contribution in [0.1, 0.15) is 23.7 Å². The van der Waals surface area contributed by atoms with Gasteiger partial charge in [-0.05, 0) is 48.9 Å². The highest BCUT2D eigenvalue weighted by Crippen LogP contribution is 2.24. The number of thiazole rings is 1. The zero-order valence-corrected chi connectivity index (χ0v) is 15.6. The van der Waals surface area contributed by atoms with Gasteiger partial charge in [0.15, 0.2) is 0 Å². The number of aromatic nitrogens is 1. The van der Waals surface area contributed by atoms with Gasteiger partial charge in [-0.3, -0.25) is 18.9 Å². The summed E-state index contributed by atoms with van der Waals surface area (Å²) in [5.41, 5.74) is 6.50. The molecule has 0 atom stereocenters. The molecule has 9 heteroatoms. The van der Waals surface area contributed by atoms with Gasteiger partial charge in [0.1, 0.15) is 0 Å². The number of aryl methyl sites for hydroxylation is 1. The summed E-state index contributed by atoms with van der Waals surface area (Å²) in [6.45, 7) is 2.57. The van der Waals surface area contributed by atoms with E-state index in [1.54, 1.807) is 10.6 Å². The van der Waals surface area contributed by atoms with Gasteiger partial charge in [0.25, 0.3) is 10.0 Å². The van der Waals surface area contributed by atoms with Crippen molar-refractivity contribution in [2.75, 3.05) is 4.72 Å². The molecule has 0 aliphatic rings. The first-order valence-corrected chi connectivity index (χ1v) is 10.2. The molecule has 1 aromatic heterocycles. The first-order valence-electron chi connectivity index (χ1n) is 7.88. The van der Waals surface area contributed by atoms with Crippen molar-refractivity contribution in [2.45, 2.75) is 24.8 Å². The van der Waals surface area contributed by atoms with Gasteiger partial charge in [0.05, 0.1) is 15.1 Å². The second-order valence-electron chi connectivity index (χ2n) is 5.70. The lowest BCUT2D eigenvalue weighted by Crippen LogP contribution is -2.14. The number of amides is 1. The molecule has 1 heterocycles. The number of primary amides is 1. The van der Waals surface area contributed by atoms with E-state index in [-0.39, 0.29) is 15.3 Å². The SMILES string of the molecule is CCCn1c(=O)sc2cc(S(=O)(=O)Nc3ccc(C(N)=O)cc3)ccc21. The third-order valence-corrected chi connectivity index (χ3v) is 6.14. The lowest BCUT2D eigenvalue weighted by Gasteiger charge is -2.09. The number of sulfonamides is 1. The highest BCUT2D eigenvalue weighted by Gasteiger charge is 2.17. The molecule has 0 bridgehead atoms. The van der Waals surface area contributed by atoms with E-state index >= 15 is 0 Å². The van der Waals surface area contributed by atoms with E-state index < -0.39 is 15.9 Å². The Balaban J connectivity index is 1.94. The summed E-state index contributed by atoms with van der Waals surface area (Å²) in [6.07, 6.45) is 0.814. The molecule has 0 fully saturated rings. The van der Waals surface area contributed by atoms with Crippen molar-refractivity contribution < 1.29 is 13.2 Å². The number of benzene rings is 2. The van der Waals surface area contributed by atoms with Crippen LogP contribution in [-0.4, -0.2) is 18.9 Å². The number of nitrogens with two attached hydrogens (primary N) is 1. The van der Waals surface area contributed by atoms with E-state index in [4.69, 9.17) is 5.73 Å². The number of carbonyl (C=O) groups is 1. The van der Waals surface area contributed by atoms with Gasteiger partial charge in [-0.1, -0.05) is 18.3 Å². The van der Waals surface area contributed by atoms with Crippen molar-refractivity contribution in [1.29, 1.82) is 0 Å². The quantitative estimate of drug-likeness (QED) is 0.672. The zero-order chi connectivity index (χ0) is 18.9. The summed E-state index contributed by atoms with van der Waals surface area (Å²) in [6, 6.07) is 10.4. The Hall–Kier alpha value is -2.65. The van der Waals surface area contributed by atoms with Crippen LogP contribution in [0, 0.1) is 0 Å². The van der Waals surface area contributed by atoms with Crippen molar-refractivity contribution in [2.24, 2.45) is 5.73 Å². The molecule has 0 saturated heterocycles. The van der Waals surface area contributed by atoms with Crippen LogP contribution >= 0.6 is 11.3 Å². The minimum Gasteiger partial charge on any atom is -0.366 e. The third kappa shape index (κ3) is 3.49. The second-order valence-corrected chi connectivity index (χ2v) is 8.37. The number of carbonyl (C=O) groups excluding carboxylic acids is 1. The van der Waals surface area contributed by atoms with Crippen molar-refractivity contribution >= 4 is 43.2 Å². The Labute approximate surface area is 154 Å². The summed E-state index contributed by atoms with van der Waals surface area (Å²) in [5, 5.41) is 0. The van der Waals surface area contributed by atoms with E-state index in [1.165, 1.54) is 36.4 Å². The highest BCUT2D eigenvalue weighted by atomic mass is 32.2. The largest absolute Gasteiger partial charge is 0.366 e. The van der Waals surface area contributed by atoms with Crippen molar-refractivity contribution in [3.05, 3.63) is 57.7 Å². The summed E-state index contributed by atoms with van der Waals surface area (Å²) in [5.74, 6) is -0.587. The zero-order valence-electron chi connectivity index (χ0n) is 13.9. The number of nitrogens with one attached hydrogen (secondary N) is 1. The van der Waals surface area contributed by atoms with E-state index in [1.807, 2.05) is 6.92 Å². The Kier molecular flexibility index (Phi) is 4.84. The summed E-state index contributed by atoms with van der Waals surface area (Å²) in [4.78, 5) is 23.1. The molecule has 136 valence electrons. The van der Waals surface area contributed by atoms with E-state index in [0.717, 1.165) is 23.3 Å². The molecular formula is C17H17N3O4S2. The van der Waals surface area contributed by atoms with Crippen LogP contribution < -0.4 is 15.3 Å². The predicted octanol–water partition coefficient (Wildman–Crippen LogP) is 2.37. The fourth-order valence-corrected chi connectivity index (χ4v) is 4.68. The van der Waals surface area contributed by atoms with Gasteiger partial charge < -0.3 is 5.73 Å². The molecule has 1 amide bonds. The van der Waals surface area contributed by atoms with Crippen LogP contribution in [0.4, 0.5) is 5.69 Å². The number of nitrogens with zero attached hydrogens (tertiary/aromatic N) is 1. The van der Waals surface area contributed by atoms with Gasteiger partial charge in [0, 0.05) is 17.8 Å². The van der Waals surface area contributed by atoms with Crippen LogP contribution in [0.5, 0.6) is 0 Å². The molecule has 2 aromatic carbocycles. The van der Waals surface area contributed by atoms with Crippen LogP contribution in [-0.2, 0) is 16.6 Å². The van der Waals surface area contributed by atoms with Crippen molar-refractivity contribution in [3.63, 3.8) is 0 Å². The molecule has 0 saturated carbocycles. The van der Waals surface area contributed by atoms with Crippen molar-refractivity contribution in [1.82, 2.24) is 4.57 Å². The van der Waals surface area contributed by atoms with Gasteiger partial charge in [-0.25, -0.2) is 8.42 Å². The summed E-state index contributed by atoms with van der Waals surface area (Å²) < 4.78 is 29.9. The molecule has 0 spiro atoms. The van der Waals surface area contributed by atoms with Crippen LogP contribution in [0.25, 0.3) is 10.2 Å². The van der Waals surface area contributed by atoms with Crippen molar-refractivity contribution in [3.8, 4) is 0 Å². The smallest absolute Gasteiger partial charge is 0.308 e. The molecule has 26 heavy (non-hydrogen) atoms. The summed E-state index contributed by atoms with van der Waals surface area (Å²) >= 11 is 1.02. The monoisotopic (exact) mass is 391 g/mol. The third-order valence-electron chi connectivity index (χ3n) is 3.82. The Bertz CT molecular complexity index is 1130. The van der Waals surface area contributed by atoms with Gasteiger partial charge in [-0.15, -0.1) is 0 Å². The predicted molar refractivity (Wildman–Crippen MR) is 102 cm³/mol. The summed E-state index contributed by atoms with van der Waals surface area (Å²) in [7, 11) is -3.82. The average molecular weight is 391 g/mol. The lowest BCUT2D eigenvalue weighted by molar-refractivity contribution is 0.100. The minimum atomic E-state index is -3.82. The van der Waals surface area contributed by atoms with Gasteiger partial charge >= 0.3 is 4.87 Å². The molecule has 3 aromatic rings. The van der Waals surface area contributed by atoms with Gasteiger partial charge in [0.2, 0.25) is 5.91 Å². The molecule has 0 aliphatic carbocycles. The average Bonchev–Trinajstić information content (AvgIpc) is 2.90. The molecule has 7 nitrogen and oxygen atoms in total. The minimum absolute atomic E-state index is 0.0638. The number of rotatable bonds is 6. The van der Waals surface area contributed by atoms with Crippen LogP contribution in [0.15, 0.2) is 52.2 Å². The number of hydrogen-bond donors (Lipinski definition) is 2. The topological polar surface area (TPSA) is 111 Å². The Morgan fingerprint density at radius 2 is 1.88 bits per heavy atom. The van der Waals surface area contributed by atoms with E-state index in [2.05, 4.69) is 4.72 Å². The molecule has 3 rings (SSSR count). The number of fused-ring (bicyclic) bond motifs is 1. The Morgan fingerprint density at radius 1 is 1.19 bits per heavy atom. The standard InChI is InChI=1S/C17H17N3O4S2/c1-2-9-20-14-8-7-13(10-15(14)25-17(20)22)26(23,24)19-12-5-3-11(4-6-12)16(18)21/h3-8,10,19H,2,9H2,1H3,(H2,18,21). The van der Waals surface area contributed by atoms with E-state index in [9.17, 15) is 18.0 Å².